The van der Waals surface area contributed by atoms with Crippen molar-refractivity contribution in [1.29, 1.82) is 0 Å². The van der Waals surface area contributed by atoms with Gasteiger partial charge in [0.05, 0.1) is 29.0 Å². The average Bonchev–Trinajstić information content (AvgIpc) is 3.46. The van der Waals surface area contributed by atoms with Gasteiger partial charge in [0.15, 0.2) is 5.65 Å². The fraction of sp³-hybridized carbons (Fsp3) is 0.391. The van der Waals surface area contributed by atoms with Crippen molar-refractivity contribution in [2.24, 2.45) is 0 Å². The molecule has 2 fully saturated rings. The van der Waals surface area contributed by atoms with Crippen LogP contribution >= 0.6 is 11.3 Å². The summed E-state index contributed by atoms with van der Waals surface area (Å²) in [5.74, 6) is 0.340. The van der Waals surface area contributed by atoms with E-state index in [1.54, 1.807) is 28.1 Å². The molecule has 0 saturated carbocycles. The van der Waals surface area contributed by atoms with E-state index in [9.17, 15) is 9.59 Å². The zero-order valence-electron chi connectivity index (χ0n) is 19.3. The van der Waals surface area contributed by atoms with Crippen LogP contribution in [0.1, 0.15) is 24.3 Å². The third-order valence-electron chi connectivity index (χ3n) is 5.74. The van der Waals surface area contributed by atoms with Gasteiger partial charge in [0, 0.05) is 42.7 Å². The zero-order chi connectivity index (χ0) is 23.8. The van der Waals surface area contributed by atoms with Gasteiger partial charge in [-0.05, 0) is 39.0 Å². The molecule has 0 bridgehead atoms. The summed E-state index contributed by atoms with van der Waals surface area (Å²) in [7, 11) is 0. The highest BCUT2D eigenvalue weighted by atomic mass is 32.1. The number of nitrogens with one attached hydrogen (secondary N) is 3. The van der Waals surface area contributed by atoms with E-state index < -0.39 is 11.9 Å². The fourth-order valence-corrected chi connectivity index (χ4v) is 5.18. The highest BCUT2D eigenvalue weighted by Gasteiger charge is 2.24. The number of hydrogen-bond acceptors (Lipinski definition) is 8. The Morgan fingerprint density at radius 3 is 2.71 bits per heavy atom. The summed E-state index contributed by atoms with van der Waals surface area (Å²) >= 11 is 1.67. The molecule has 2 aliphatic rings. The summed E-state index contributed by atoms with van der Waals surface area (Å²) in [4.78, 5) is 33.0. The molecule has 2 saturated heterocycles. The number of rotatable bonds is 6. The van der Waals surface area contributed by atoms with E-state index in [-0.39, 0.29) is 17.9 Å². The number of nitrogens with zero attached hydrogens (tertiary/aromatic N) is 4. The molecule has 2 unspecified atom stereocenters. The van der Waals surface area contributed by atoms with Crippen LogP contribution in [0.15, 0.2) is 30.1 Å². The van der Waals surface area contributed by atoms with Crippen LogP contribution in [0.25, 0.3) is 22.3 Å². The first-order valence-electron chi connectivity index (χ1n) is 11.3. The first-order chi connectivity index (χ1) is 16.4. The van der Waals surface area contributed by atoms with Crippen molar-refractivity contribution < 1.29 is 14.3 Å². The van der Waals surface area contributed by atoms with Gasteiger partial charge in [-0.2, -0.15) is 9.61 Å². The number of thiophene rings is 1. The third-order valence-corrected chi connectivity index (χ3v) is 6.76. The van der Waals surface area contributed by atoms with Gasteiger partial charge in [-0.1, -0.05) is 0 Å². The summed E-state index contributed by atoms with van der Waals surface area (Å²) in [5, 5.41) is 12.8. The van der Waals surface area contributed by atoms with Crippen LogP contribution in [0.3, 0.4) is 0 Å². The van der Waals surface area contributed by atoms with Gasteiger partial charge >= 0.3 is 6.03 Å². The number of aromatic nitrogens is 3. The first kappa shape index (κ1) is 22.5. The lowest BCUT2D eigenvalue weighted by Gasteiger charge is -2.35. The molecule has 3 aromatic heterocycles. The number of urea groups is 1. The monoisotopic (exact) mass is 481 g/mol. The molecule has 2 atom stereocenters. The number of fused-ring (bicyclic) bond motifs is 1. The molecule has 3 aromatic rings. The quantitative estimate of drug-likeness (QED) is 0.366. The summed E-state index contributed by atoms with van der Waals surface area (Å²) in [6.07, 6.45) is 3.69. The minimum Gasteiger partial charge on any atom is -0.373 e. The summed E-state index contributed by atoms with van der Waals surface area (Å²) in [5.41, 5.74) is 2.23. The number of amides is 3. The lowest BCUT2D eigenvalue weighted by Crippen LogP contribution is -2.46. The van der Waals surface area contributed by atoms with Gasteiger partial charge in [-0.25, -0.2) is 9.78 Å². The Bertz CT molecular complexity index is 1270. The molecule has 178 valence electrons. The van der Waals surface area contributed by atoms with Gasteiger partial charge in [0.2, 0.25) is 0 Å². The van der Waals surface area contributed by atoms with Crippen LogP contribution in [0, 0.1) is 6.92 Å². The normalized spacial score (nSPS) is 22.4. The summed E-state index contributed by atoms with van der Waals surface area (Å²) < 4.78 is 7.57. The van der Waals surface area contributed by atoms with Crippen molar-refractivity contribution in [2.75, 3.05) is 31.5 Å². The van der Waals surface area contributed by atoms with Gasteiger partial charge in [0.1, 0.15) is 11.5 Å². The molecule has 10 nitrogen and oxygen atoms in total. The molecule has 34 heavy (non-hydrogen) atoms. The molecule has 0 spiro atoms. The highest BCUT2D eigenvalue weighted by Crippen LogP contribution is 2.30. The third kappa shape index (κ3) is 4.67. The molecule has 0 aliphatic carbocycles. The molecule has 3 amide bonds. The second-order valence-corrected chi connectivity index (χ2v) is 9.97. The second kappa shape index (κ2) is 9.16. The average molecular weight is 482 g/mol. The van der Waals surface area contributed by atoms with E-state index in [0.29, 0.717) is 11.2 Å². The first-order valence-corrected chi connectivity index (χ1v) is 12.1. The van der Waals surface area contributed by atoms with Crippen LogP contribution < -0.4 is 16.0 Å². The predicted molar refractivity (Wildman–Crippen MR) is 131 cm³/mol. The van der Waals surface area contributed by atoms with Crippen molar-refractivity contribution in [3.05, 3.63) is 40.5 Å². The molecule has 3 N–H and O–H groups in total. The smallest absolute Gasteiger partial charge is 0.326 e. The van der Waals surface area contributed by atoms with Crippen LogP contribution in [-0.4, -0.2) is 69.8 Å². The van der Waals surface area contributed by atoms with Gasteiger partial charge in [-0.3, -0.25) is 15.0 Å². The Hall–Kier alpha value is -3.28. The maximum absolute atomic E-state index is 12.0. The van der Waals surface area contributed by atoms with E-state index in [4.69, 9.17) is 9.72 Å². The molecule has 0 aromatic carbocycles. The minimum atomic E-state index is -0.537. The number of hydrogen-bond donors (Lipinski definition) is 3. The van der Waals surface area contributed by atoms with E-state index in [0.717, 1.165) is 42.6 Å². The molecular formula is C23H27N7O3S. The molecule has 5 rings (SSSR count). The maximum Gasteiger partial charge on any atom is 0.326 e. The largest absolute Gasteiger partial charge is 0.373 e. The van der Waals surface area contributed by atoms with Gasteiger partial charge < -0.3 is 15.4 Å². The summed E-state index contributed by atoms with van der Waals surface area (Å²) in [6, 6.07) is 5.58. The van der Waals surface area contributed by atoms with E-state index in [2.05, 4.69) is 58.9 Å². The molecule has 0 radical (unpaired) electrons. The lowest BCUT2D eigenvalue weighted by molar-refractivity contribution is -0.115. The number of carbonyl (C=O) groups is 2. The zero-order valence-corrected chi connectivity index (χ0v) is 20.1. The number of carbonyl (C=O) groups excluding carboxylic acids is 2. The van der Waals surface area contributed by atoms with Crippen molar-refractivity contribution >= 4 is 40.8 Å². The van der Waals surface area contributed by atoms with Crippen LogP contribution in [0.5, 0.6) is 0 Å². The Labute approximate surface area is 201 Å². The van der Waals surface area contributed by atoms with E-state index >= 15 is 0 Å². The van der Waals surface area contributed by atoms with Gasteiger partial charge in [0.25, 0.3) is 5.91 Å². The fourth-order valence-electron chi connectivity index (χ4n) is 4.35. The number of aryl methyl sites for hydroxylation is 1. The number of anilines is 1. The molecular weight excluding hydrogens is 454 g/mol. The standard InChI is InChI=1S/C23H27N7O3S/c1-13-11-29(12-14(2)33-13)7-6-24-20-9-17(19-5-4-15(3)34-19)26-21-16(10-25-30(20)21)8-18-22(31)28-23(32)27-18/h4-5,8-10,13-14,24H,6-7,11-12H2,1-3H3,(H2,27,28,31,32)/b18-8-. The lowest BCUT2D eigenvalue weighted by atomic mass is 10.2. The van der Waals surface area contributed by atoms with Crippen LogP contribution in [0.4, 0.5) is 10.6 Å². The van der Waals surface area contributed by atoms with Gasteiger partial charge in [-0.15, -0.1) is 11.3 Å². The Kier molecular flexibility index (Phi) is 6.07. The minimum absolute atomic E-state index is 0.170. The van der Waals surface area contributed by atoms with Crippen molar-refractivity contribution in [3.8, 4) is 10.6 Å². The van der Waals surface area contributed by atoms with Crippen LogP contribution in [-0.2, 0) is 9.53 Å². The van der Waals surface area contributed by atoms with Crippen molar-refractivity contribution in [3.63, 3.8) is 0 Å². The predicted octanol–water partition coefficient (Wildman–Crippen LogP) is 2.47. The number of morpholine rings is 1. The number of imide groups is 1. The Morgan fingerprint density at radius 1 is 1.24 bits per heavy atom. The van der Waals surface area contributed by atoms with Crippen LogP contribution in [0.2, 0.25) is 0 Å². The molecule has 2 aliphatic heterocycles. The Morgan fingerprint density at radius 2 is 2.03 bits per heavy atom. The SMILES string of the molecule is Cc1ccc(-c2cc(NCCN3CC(C)OC(C)C3)n3ncc(/C=C4\NC(=O)NC4=O)c3n2)s1. The van der Waals surface area contributed by atoms with Crippen molar-refractivity contribution in [1.82, 2.24) is 30.1 Å². The Balaban J connectivity index is 1.45. The van der Waals surface area contributed by atoms with Crippen molar-refractivity contribution in [2.45, 2.75) is 33.0 Å². The maximum atomic E-state index is 12.0. The second-order valence-electron chi connectivity index (χ2n) is 8.68. The number of ether oxygens (including phenoxy) is 1. The van der Waals surface area contributed by atoms with E-state index in [1.807, 2.05) is 6.07 Å². The molecule has 11 heteroatoms. The summed E-state index contributed by atoms with van der Waals surface area (Å²) in [6.45, 7) is 9.69. The van der Waals surface area contributed by atoms with E-state index in [1.165, 1.54) is 4.88 Å². The molecule has 5 heterocycles. The highest BCUT2D eigenvalue weighted by molar-refractivity contribution is 7.15. The topological polar surface area (TPSA) is 113 Å².